The van der Waals surface area contributed by atoms with Crippen LogP contribution in [0.3, 0.4) is 0 Å². The fraction of sp³-hybridized carbons (Fsp3) is 0.100. The van der Waals surface area contributed by atoms with Crippen LogP contribution in [-0.4, -0.2) is 25.2 Å². The molecule has 7 nitrogen and oxygen atoms in total. The third-order valence-electron chi connectivity index (χ3n) is 4.33. The highest BCUT2D eigenvalue weighted by Gasteiger charge is 2.14. The van der Waals surface area contributed by atoms with Crippen molar-refractivity contribution in [3.63, 3.8) is 0 Å². The van der Waals surface area contributed by atoms with Crippen molar-refractivity contribution in [2.24, 2.45) is 0 Å². The highest BCUT2D eigenvalue weighted by Crippen LogP contribution is 2.21. The summed E-state index contributed by atoms with van der Waals surface area (Å²) >= 11 is 6.09. The first kappa shape index (κ1) is 17.9. The van der Waals surface area contributed by atoms with Gasteiger partial charge >= 0.3 is 0 Å². The normalized spacial score (nSPS) is 10.9. The smallest absolute Gasteiger partial charge is 0.264 e. The van der Waals surface area contributed by atoms with E-state index in [9.17, 15) is 9.59 Å². The van der Waals surface area contributed by atoms with Crippen molar-refractivity contribution in [3.05, 3.63) is 82.0 Å². The second-order valence-electron chi connectivity index (χ2n) is 6.32. The molecule has 0 radical (unpaired) electrons. The molecule has 0 fully saturated rings. The van der Waals surface area contributed by atoms with Gasteiger partial charge in [-0.15, -0.1) is 0 Å². The summed E-state index contributed by atoms with van der Waals surface area (Å²) in [6, 6.07) is 14.5. The van der Waals surface area contributed by atoms with Crippen LogP contribution in [0.5, 0.6) is 0 Å². The van der Waals surface area contributed by atoms with Gasteiger partial charge in [-0.3, -0.25) is 14.2 Å². The lowest BCUT2D eigenvalue weighted by molar-refractivity contribution is -0.116. The molecule has 0 spiro atoms. The van der Waals surface area contributed by atoms with E-state index in [-0.39, 0.29) is 18.0 Å². The molecule has 8 heteroatoms. The lowest BCUT2D eigenvalue weighted by atomic mass is 10.2. The molecule has 2 aromatic heterocycles. The van der Waals surface area contributed by atoms with Crippen molar-refractivity contribution in [3.8, 4) is 5.69 Å². The Morgan fingerprint density at radius 3 is 2.75 bits per heavy atom. The predicted octanol–water partition coefficient (Wildman–Crippen LogP) is 3.18. The molecule has 1 amide bonds. The highest BCUT2D eigenvalue weighted by atomic mass is 35.5. The van der Waals surface area contributed by atoms with Gasteiger partial charge in [0.1, 0.15) is 18.3 Å². The Balaban J connectivity index is 1.66. The van der Waals surface area contributed by atoms with Gasteiger partial charge in [0, 0.05) is 10.7 Å². The highest BCUT2D eigenvalue weighted by molar-refractivity contribution is 6.30. The summed E-state index contributed by atoms with van der Waals surface area (Å²) in [6.45, 7) is 1.78. The number of carbonyl (C=O) groups excluding carboxylic acids is 1. The van der Waals surface area contributed by atoms with E-state index in [0.717, 1.165) is 11.3 Å². The number of aryl methyl sites for hydroxylation is 1. The number of hydrogen-bond acceptors (Lipinski definition) is 4. The predicted molar refractivity (Wildman–Crippen MR) is 108 cm³/mol. The fourth-order valence-electron chi connectivity index (χ4n) is 2.92. The van der Waals surface area contributed by atoms with Gasteiger partial charge in [-0.1, -0.05) is 35.9 Å². The van der Waals surface area contributed by atoms with Crippen LogP contribution in [0.15, 0.2) is 65.8 Å². The van der Waals surface area contributed by atoms with Gasteiger partial charge in [0.2, 0.25) is 5.91 Å². The van der Waals surface area contributed by atoms with E-state index < -0.39 is 0 Å². The van der Waals surface area contributed by atoms with Crippen LogP contribution in [-0.2, 0) is 11.3 Å². The number of aromatic nitrogens is 4. The number of rotatable bonds is 4. The molecule has 2 heterocycles. The summed E-state index contributed by atoms with van der Waals surface area (Å²) in [5.74, 6) is -0.312. The maximum Gasteiger partial charge on any atom is 0.264 e. The molecular weight excluding hydrogens is 378 g/mol. The zero-order chi connectivity index (χ0) is 19.7. The maximum atomic E-state index is 12.8. The van der Waals surface area contributed by atoms with Gasteiger partial charge in [-0.05, 0) is 36.8 Å². The second kappa shape index (κ2) is 7.28. The number of nitrogens with one attached hydrogen (secondary N) is 1. The minimum Gasteiger partial charge on any atom is -0.325 e. The topological polar surface area (TPSA) is 81.8 Å². The zero-order valence-electron chi connectivity index (χ0n) is 15.0. The van der Waals surface area contributed by atoms with Crippen molar-refractivity contribution < 1.29 is 4.79 Å². The third kappa shape index (κ3) is 3.39. The quantitative estimate of drug-likeness (QED) is 0.577. The Kier molecular flexibility index (Phi) is 4.67. The van der Waals surface area contributed by atoms with Gasteiger partial charge in [-0.25, -0.2) is 9.67 Å². The van der Waals surface area contributed by atoms with Gasteiger partial charge < -0.3 is 5.32 Å². The second-order valence-corrected chi connectivity index (χ2v) is 6.75. The first-order valence-electron chi connectivity index (χ1n) is 8.57. The van der Waals surface area contributed by atoms with Gasteiger partial charge in [0.05, 0.1) is 11.9 Å². The standard InChI is InChI=1S/C20H16ClN5O2/c1-13-7-8-14(21)9-17(13)26-19-16(10-23-26)20(28)25(12-22-19)11-18(27)24-15-5-3-2-4-6-15/h2-10,12H,11H2,1H3,(H,24,27). The molecule has 0 saturated heterocycles. The molecule has 1 N–H and O–H groups in total. The Labute approximate surface area is 165 Å². The van der Waals surface area contributed by atoms with Crippen LogP contribution in [0.2, 0.25) is 5.02 Å². The lowest BCUT2D eigenvalue weighted by Crippen LogP contribution is -2.27. The molecule has 4 rings (SSSR count). The molecule has 0 saturated carbocycles. The van der Waals surface area contributed by atoms with Crippen LogP contribution in [0.4, 0.5) is 5.69 Å². The molecule has 0 aliphatic carbocycles. The Bertz CT molecular complexity index is 1230. The molecule has 0 atom stereocenters. The Hall–Kier alpha value is -3.45. The summed E-state index contributed by atoms with van der Waals surface area (Å²) in [6.07, 6.45) is 2.81. The summed E-state index contributed by atoms with van der Waals surface area (Å²) in [4.78, 5) is 29.4. The van der Waals surface area contributed by atoms with Crippen molar-refractivity contribution in [1.29, 1.82) is 0 Å². The molecule has 0 unspecified atom stereocenters. The minimum atomic E-state index is -0.334. The fourth-order valence-corrected chi connectivity index (χ4v) is 3.09. The largest absolute Gasteiger partial charge is 0.325 e. The van der Waals surface area contributed by atoms with Crippen molar-refractivity contribution in [2.45, 2.75) is 13.5 Å². The van der Waals surface area contributed by atoms with Crippen LogP contribution < -0.4 is 10.9 Å². The van der Waals surface area contributed by atoms with Crippen molar-refractivity contribution in [1.82, 2.24) is 19.3 Å². The monoisotopic (exact) mass is 393 g/mol. The zero-order valence-corrected chi connectivity index (χ0v) is 15.7. The lowest BCUT2D eigenvalue weighted by Gasteiger charge is -2.09. The van der Waals surface area contributed by atoms with Crippen LogP contribution in [0.1, 0.15) is 5.56 Å². The number of anilines is 1. The van der Waals surface area contributed by atoms with Crippen LogP contribution in [0.25, 0.3) is 16.7 Å². The average molecular weight is 394 g/mol. The Morgan fingerprint density at radius 2 is 1.96 bits per heavy atom. The summed E-state index contributed by atoms with van der Waals surface area (Å²) in [5, 5.41) is 7.94. The van der Waals surface area contributed by atoms with Gasteiger partial charge in [-0.2, -0.15) is 5.10 Å². The molecule has 140 valence electrons. The number of para-hydroxylation sites is 1. The molecule has 28 heavy (non-hydrogen) atoms. The molecule has 4 aromatic rings. The minimum absolute atomic E-state index is 0.141. The summed E-state index contributed by atoms with van der Waals surface area (Å²) in [5.41, 5.74) is 2.43. The van der Waals surface area contributed by atoms with E-state index in [4.69, 9.17) is 11.6 Å². The maximum absolute atomic E-state index is 12.8. The van der Waals surface area contributed by atoms with E-state index in [1.54, 1.807) is 28.9 Å². The number of nitrogens with zero attached hydrogens (tertiary/aromatic N) is 4. The Morgan fingerprint density at radius 1 is 1.18 bits per heavy atom. The third-order valence-corrected chi connectivity index (χ3v) is 4.56. The number of carbonyl (C=O) groups is 1. The van der Waals surface area contributed by atoms with Crippen molar-refractivity contribution >= 4 is 34.2 Å². The van der Waals surface area contributed by atoms with Crippen LogP contribution in [0, 0.1) is 6.92 Å². The summed E-state index contributed by atoms with van der Waals surface area (Å²) < 4.78 is 2.84. The first-order chi connectivity index (χ1) is 13.5. The molecule has 0 aliphatic rings. The molecular formula is C20H16ClN5O2. The van der Waals surface area contributed by atoms with E-state index >= 15 is 0 Å². The van der Waals surface area contributed by atoms with Gasteiger partial charge in [0.15, 0.2) is 5.65 Å². The molecule has 0 bridgehead atoms. The van der Waals surface area contributed by atoms with Crippen LogP contribution >= 0.6 is 11.6 Å². The molecule has 2 aromatic carbocycles. The number of fused-ring (bicyclic) bond motifs is 1. The number of hydrogen-bond donors (Lipinski definition) is 1. The first-order valence-corrected chi connectivity index (χ1v) is 8.95. The van der Waals surface area contributed by atoms with E-state index in [1.807, 2.05) is 31.2 Å². The molecule has 0 aliphatic heterocycles. The van der Waals surface area contributed by atoms with Gasteiger partial charge in [0.25, 0.3) is 5.56 Å². The number of amides is 1. The van der Waals surface area contributed by atoms with E-state index in [2.05, 4.69) is 15.4 Å². The summed E-state index contributed by atoms with van der Waals surface area (Å²) in [7, 11) is 0. The SMILES string of the molecule is Cc1ccc(Cl)cc1-n1ncc2c(=O)n(CC(=O)Nc3ccccc3)cnc21. The van der Waals surface area contributed by atoms with E-state index in [0.29, 0.717) is 21.7 Å². The number of benzene rings is 2. The van der Waals surface area contributed by atoms with Crippen molar-refractivity contribution in [2.75, 3.05) is 5.32 Å². The number of halogens is 1. The average Bonchev–Trinajstić information content (AvgIpc) is 3.11. The van der Waals surface area contributed by atoms with E-state index in [1.165, 1.54) is 17.1 Å².